The molecule has 120 valence electrons. The molecule has 0 unspecified atom stereocenters. The third kappa shape index (κ3) is 3.52. The summed E-state index contributed by atoms with van der Waals surface area (Å²) in [5, 5.41) is 8.85. The number of carboxylic acids is 1. The van der Waals surface area contributed by atoms with E-state index in [1.807, 2.05) is 0 Å². The lowest BCUT2D eigenvalue weighted by Crippen LogP contribution is -1.96. The van der Waals surface area contributed by atoms with Crippen molar-refractivity contribution in [2.45, 2.75) is 0 Å². The van der Waals surface area contributed by atoms with Crippen LogP contribution >= 0.6 is 0 Å². The molecule has 0 aliphatic carbocycles. The minimum atomic E-state index is -1.04. The Kier molecular flexibility index (Phi) is 4.15. The second-order valence-corrected chi connectivity index (χ2v) is 4.83. The number of hydrogen-bond donors (Lipinski definition) is 1. The molecule has 0 saturated carbocycles. The van der Waals surface area contributed by atoms with Gasteiger partial charge in [-0.1, -0.05) is 0 Å². The molecule has 0 amide bonds. The number of benzene rings is 2. The van der Waals surface area contributed by atoms with Gasteiger partial charge in [-0.05, 0) is 36.4 Å². The van der Waals surface area contributed by atoms with Gasteiger partial charge in [0.2, 0.25) is 5.88 Å². The first kappa shape index (κ1) is 15.5. The Morgan fingerprint density at radius 2 is 1.62 bits per heavy atom. The average Bonchev–Trinajstić information content (AvgIpc) is 2.55. The Morgan fingerprint density at radius 3 is 2.25 bits per heavy atom. The van der Waals surface area contributed by atoms with Crippen molar-refractivity contribution < 1.29 is 23.4 Å². The van der Waals surface area contributed by atoms with Crippen LogP contribution in [0, 0.1) is 11.6 Å². The van der Waals surface area contributed by atoms with Crippen molar-refractivity contribution in [3.63, 3.8) is 0 Å². The molecule has 7 heteroatoms. The van der Waals surface area contributed by atoms with Gasteiger partial charge < -0.3 is 9.84 Å². The highest BCUT2D eigenvalue weighted by atomic mass is 19.1. The standard InChI is InChI=1S/C17H10F2N2O3/c18-12-5-11(6-13(19)7-12)15-8-16(21-9-20-15)24-14-3-1-10(2-4-14)17(22)23/h1-9H,(H,22,23). The molecular formula is C17H10F2N2O3. The lowest BCUT2D eigenvalue weighted by molar-refractivity contribution is 0.0697. The Labute approximate surface area is 135 Å². The zero-order chi connectivity index (χ0) is 17.1. The Bertz CT molecular complexity index is 878. The molecule has 5 nitrogen and oxygen atoms in total. The van der Waals surface area contributed by atoms with Crippen LogP contribution in [-0.4, -0.2) is 21.0 Å². The van der Waals surface area contributed by atoms with Gasteiger partial charge in [-0.25, -0.2) is 23.5 Å². The normalized spacial score (nSPS) is 10.4. The number of rotatable bonds is 4. The van der Waals surface area contributed by atoms with Gasteiger partial charge >= 0.3 is 5.97 Å². The molecule has 0 saturated heterocycles. The first-order chi connectivity index (χ1) is 11.5. The monoisotopic (exact) mass is 328 g/mol. The van der Waals surface area contributed by atoms with Gasteiger partial charge in [-0.2, -0.15) is 0 Å². The minimum absolute atomic E-state index is 0.126. The third-order valence-corrected chi connectivity index (χ3v) is 3.12. The molecule has 0 aliphatic heterocycles. The van der Waals surface area contributed by atoms with Crippen LogP contribution in [0.25, 0.3) is 11.3 Å². The Morgan fingerprint density at radius 1 is 0.958 bits per heavy atom. The molecule has 1 aromatic heterocycles. The van der Waals surface area contributed by atoms with Crippen LogP contribution in [0.1, 0.15) is 10.4 Å². The summed E-state index contributed by atoms with van der Waals surface area (Å²) in [5.74, 6) is -1.94. The molecule has 0 radical (unpaired) electrons. The minimum Gasteiger partial charge on any atom is -0.478 e. The van der Waals surface area contributed by atoms with E-state index in [9.17, 15) is 13.6 Å². The average molecular weight is 328 g/mol. The number of aromatic nitrogens is 2. The lowest BCUT2D eigenvalue weighted by atomic mass is 10.1. The zero-order valence-corrected chi connectivity index (χ0v) is 12.1. The van der Waals surface area contributed by atoms with Crippen molar-refractivity contribution in [3.8, 4) is 22.9 Å². The highest BCUT2D eigenvalue weighted by Gasteiger charge is 2.08. The first-order valence-electron chi connectivity index (χ1n) is 6.81. The molecular weight excluding hydrogens is 318 g/mol. The fourth-order valence-corrected chi connectivity index (χ4v) is 2.04. The van der Waals surface area contributed by atoms with Crippen molar-refractivity contribution in [2.24, 2.45) is 0 Å². The van der Waals surface area contributed by atoms with Crippen molar-refractivity contribution in [1.82, 2.24) is 9.97 Å². The molecule has 3 aromatic rings. The Balaban J connectivity index is 1.86. The SMILES string of the molecule is O=C(O)c1ccc(Oc2cc(-c3cc(F)cc(F)c3)ncn2)cc1. The van der Waals surface area contributed by atoms with E-state index in [2.05, 4.69) is 9.97 Å². The fourth-order valence-electron chi connectivity index (χ4n) is 2.04. The second-order valence-electron chi connectivity index (χ2n) is 4.83. The first-order valence-corrected chi connectivity index (χ1v) is 6.81. The number of halogens is 2. The van der Waals surface area contributed by atoms with E-state index in [0.29, 0.717) is 11.4 Å². The predicted octanol–water partition coefficient (Wildman–Crippen LogP) is 3.91. The molecule has 0 atom stereocenters. The van der Waals surface area contributed by atoms with Gasteiger partial charge in [0, 0.05) is 17.7 Å². The maximum absolute atomic E-state index is 13.3. The number of nitrogens with zero attached hydrogens (tertiary/aromatic N) is 2. The van der Waals surface area contributed by atoms with E-state index in [1.165, 1.54) is 36.7 Å². The molecule has 1 N–H and O–H groups in total. The van der Waals surface area contributed by atoms with Gasteiger partial charge in [0.15, 0.2) is 0 Å². The number of carbonyl (C=O) groups is 1. The van der Waals surface area contributed by atoms with Crippen molar-refractivity contribution >= 4 is 5.97 Å². The highest BCUT2D eigenvalue weighted by Crippen LogP contribution is 2.25. The topological polar surface area (TPSA) is 72.3 Å². The van der Waals surface area contributed by atoms with Crippen LogP contribution < -0.4 is 4.74 Å². The number of aromatic carboxylic acids is 1. The largest absolute Gasteiger partial charge is 0.478 e. The fraction of sp³-hybridized carbons (Fsp3) is 0. The van der Waals surface area contributed by atoms with Crippen molar-refractivity contribution in [1.29, 1.82) is 0 Å². The van der Waals surface area contributed by atoms with Crippen LogP contribution in [0.2, 0.25) is 0 Å². The van der Waals surface area contributed by atoms with Gasteiger partial charge in [0.25, 0.3) is 0 Å². The highest BCUT2D eigenvalue weighted by molar-refractivity contribution is 5.87. The smallest absolute Gasteiger partial charge is 0.335 e. The van der Waals surface area contributed by atoms with E-state index >= 15 is 0 Å². The zero-order valence-electron chi connectivity index (χ0n) is 12.1. The van der Waals surface area contributed by atoms with Crippen molar-refractivity contribution in [2.75, 3.05) is 0 Å². The molecule has 24 heavy (non-hydrogen) atoms. The van der Waals surface area contributed by atoms with Gasteiger partial charge in [-0.15, -0.1) is 0 Å². The maximum atomic E-state index is 13.3. The van der Waals surface area contributed by atoms with Crippen LogP contribution in [0.15, 0.2) is 54.9 Å². The summed E-state index contributed by atoms with van der Waals surface area (Å²) in [6.07, 6.45) is 1.21. The Hall–Kier alpha value is -3.35. The third-order valence-electron chi connectivity index (χ3n) is 3.12. The van der Waals surface area contributed by atoms with Crippen LogP contribution in [0.5, 0.6) is 11.6 Å². The summed E-state index contributed by atoms with van der Waals surface area (Å²) in [6, 6.07) is 10.2. The molecule has 3 rings (SSSR count). The van der Waals surface area contributed by atoms with E-state index in [-0.39, 0.29) is 17.0 Å². The van der Waals surface area contributed by atoms with Gasteiger partial charge in [0.05, 0.1) is 11.3 Å². The van der Waals surface area contributed by atoms with E-state index < -0.39 is 17.6 Å². The predicted molar refractivity (Wildman–Crippen MR) is 80.9 cm³/mol. The molecule has 1 heterocycles. The number of ether oxygens (including phenoxy) is 1. The molecule has 0 aliphatic rings. The van der Waals surface area contributed by atoms with E-state index in [1.54, 1.807) is 0 Å². The molecule has 2 aromatic carbocycles. The van der Waals surface area contributed by atoms with Crippen LogP contribution in [0.4, 0.5) is 8.78 Å². The summed E-state index contributed by atoms with van der Waals surface area (Å²) in [5.41, 5.74) is 0.669. The molecule has 0 fully saturated rings. The van der Waals surface area contributed by atoms with Crippen molar-refractivity contribution in [3.05, 3.63) is 72.1 Å². The summed E-state index contributed by atoms with van der Waals surface area (Å²) >= 11 is 0. The summed E-state index contributed by atoms with van der Waals surface area (Å²) in [4.78, 5) is 18.7. The summed E-state index contributed by atoms with van der Waals surface area (Å²) < 4.78 is 32.1. The van der Waals surface area contributed by atoms with Crippen LogP contribution in [-0.2, 0) is 0 Å². The van der Waals surface area contributed by atoms with Gasteiger partial charge in [0.1, 0.15) is 23.7 Å². The lowest BCUT2D eigenvalue weighted by Gasteiger charge is -2.07. The van der Waals surface area contributed by atoms with Gasteiger partial charge in [-0.3, -0.25) is 0 Å². The molecule has 0 spiro atoms. The quantitative estimate of drug-likeness (QED) is 0.786. The molecule has 0 bridgehead atoms. The van der Waals surface area contributed by atoms with Crippen LogP contribution in [0.3, 0.4) is 0 Å². The number of hydrogen-bond acceptors (Lipinski definition) is 4. The maximum Gasteiger partial charge on any atom is 0.335 e. The number of carboxylic acid groups (broad SMARTS) is 1. The van der Waals surface area contributed by atoms with E-state index in [4.69, 9.17) is 9.84 Å². The second kappa shape index (κ2) is 6.41. The van der Waals surface area contributed by atoms with E-state index in [0.717, 1.165) is 18.2 Å². The summed E-state index contributed by atoms with van der Waals surface area (Å²) in [7, 11) is 0. The summed E-state index contributed by atoms with van der Waals surface area (Å²) in [6.45, 7) is 0.